The van der Waals surface area contributed by atoms with Crippen LogP contribution in [0.25, 0.3) is 0 Å². The molecule has 1 heterocycles. The lowest BCUT2D eigenvalue weighted by molar-refractivity contribution is 0.00578. The molecule has 114 valence electrons. The van der Waals surface area contributed by atoms with Crippen LogP contribution in [0.5, 0.6) is 0 Å². The van der Waals surface area contributed by atoms with Gasteiger partial charge in [0.05, 0.1) is 23.9 Å². The topological polar surface area (TPSA) is 44.8 Å². The Hall–Kier alpha value is -1.47. The second kappa shape index (κ2) is 5.07. The first-order valence-electron chi connectivity index (χ1n) is 6.52. The summed E-state index contributed by atoms with van der Waals surface area (Å²) in [5.74, 6) is -3.00. The zero-order chi connectivity index (χ0) is 16.0. The molecule has 1 fully saturated rings. The van der Waals surface area contributed by atoms with E-state index in [1.165, 1.54) is 6.07 Å². The summed E-state index contributed by atoms with van der Waals surface area (Å²) in [6.07, 6.45) is 0. The van der Waals surface area contributed by atoms with Crippen molar-refractivity contribution in [3.05, 3.63) is 29.3 Å². The first-order chi connectivity index (χ1) is 9.59. The summed E-state index contributed by atoms with van der Waals surface area (Å²) in [4.78, 5) is 11.5. The van der Waals surface area contributed by atoms with Gasteiger partial charge < -0.3 is 14.0 Å². The summed E-state index contributed by atoms with van der Waals surface area (Å²) < 4.78 is 43.6. The lowest BCUT2D eigenvalue weighted by Crippen LogP contribution is -2.41. The van der Waals surface area contributed by atoms with Gasteiger partial charge in [0.2, 0.25) is 0 Å². The maximum atomic E-state index is 14.0. The lowest BCUT2D eigenvalue weighted by atomic mass is 9.77. The summed E-state index contributed by atoms with van der Waals surface area (Å²) in [6, 6.07) is 1.97. The van der Waals surface area contributed by atoms with Crippen molar-refractivity contribution < 1.29 is 27.6 Å². The van der Waals surface area contributed by atoms with Gasteiger partial charge in [0.25, 0.3) is 0 Å². The summed E-state index contributed by atoms with van der Waals surface area (Å²) in [5.41, 5.74) is -1.64. The van der Waals surface area contributed by atoms with Crippen molar-refractivity contribution in [1.29, 1.82) is 0 Å². The van der Waals surface area contributed by atoms with E-state index in [0.717, 1.165) is 13.2 Å². The third-order valence-electron chi connectivity index (χ3n) is 3.98. The number of esters is 1. The van der Waals surface area contributed by atoms with Crippen molar-refractivity contribution in [2.75, 3.05) is 7.11 Å². The molecule has 1 aromatic carbocycles. The van der Waals surface area contributed by atoms with Crippen LogP contribution < -0.4 is 5.46 Å². The van der Waals surface area contributed by atoms with Crippen molar-refractivity contribution in [3.8, 4) is 0 Å². The van der Waals surface area contributed by atoms with Crippen LogP contribution in [0.3, 0.4) is 0 Å². The average Bonchev–Trinajstić information content (AvgIpc) is 2.60. The Labute approximate surface area is 122 Å². The fourth-order valence-electron chi connectivity index (χ4n) is 1.99. The van der Waals surface area contributed by atoms with Crippen molar-refractivity contribution in [3.63, 3.8) is 0 Å². The zero-order valence-electron chi connectivity index (χ0n) is 12.6. The average molecular weight is 298 g/mol. The number of hydrogen-bond donors (Lipinski definition) is 0. The minimum absolute atomic E-state index is 0.0962. The third kappa shape index (κ3) is 2.67. The van der Waals surface area contributed by atoms with Crippen LogP contribution in [0.4, 0.5) is 8.78 Å². The molecule has 0 spiro atoms. The minimum atomic E-state index is -1.15. The van der Waals surface area contributed by atoms with Gasteiger partial charge in [-0.1, -0.05) is 0 Å². The van der Waals surface area contributed by atoms with Crippen LogP contribution in [-0.2, 0) is 14.0 Å². The fraction of sp³-hybridized carbons (Fsp3) is 0.500. The van der Waals surface area contributed by atoms with Gasteiger partial charge in [-0.05, 0) is 39.8 Å². The van der Waals surface area contributed by atoms with Crippen LogP contribution in [0, 0.1) is 11.6 Å². The Morgan fingerprint density at radius 2 is 1.67 bits per heavy atom. The summed E-state index contributed by atoms with van der Waals surface area (Å²) in [7, 11) is 0.0760. The van der Waals surface area contributed by atoms with E-state index in [9.17, 15) is 13.6 Å². The van der Waals surface area contributed by atoms with Crippen LogP contribution in [0.2, 0.25) is 0 Å². The number of ether oxygens (including phenoxy) is 1. The van der Waals surface area contributed by atoms with E-state index in [2.05, 4.69) is 4.74 Å². The monoisotopic (exact) mass is 298 g/mol. The first kappa shape index (κ1) is 15.9. The van der Waals surface area contributed by atoms with Crippen molar-refractivity contribution in [1.82, 2.24) is 0 Å². The number of methoxy groups -OCH3 is 1. The van der Waals surface area contributed by atoms with E-state index in [4.69, 9.17) is 9.31 Å². The summed E-state index contributed by atoms with van der Waals surface area (Å²) in [5, 5.41) is 0. The number of hydrogen-bond acceptors (Lipinski definition) is 4. The van der Waals surface area contributed by atoms with Crippen molar-refractivity contribution in [2.24, 2.45) is 0 Å². The molecular formula is C14H17BF2O4. The highest BCUT2D eigenvalue weighted by atomic mass is 19.2. The molecule has 0 saturated carbocycles. The van der Waals surface area contributed by atoms with Crippen LogP contribution in [-0.4, -0.2) is 31.4 Å². The van der Waals surface area contributed by atoms with Gasteiger partial charge in [-0.3, -0.25) is 0 Å². The van der Waals surface area contributed by atoms with Crippen LogP contribution >= 0.6 is 0 Å². The van der Waals surface area contributed by atoms with Gasteiger partial charge in [-0.2, -0.15) is 0 Å². The van der Waals surface area contributed by atoms with Gasteiger partial charge in [-0.25, -0.2) is 13.6 Å². The first-order valence-corrected chi connectivity index (χ1v) is 6.52. The van der Waals surface area contributed by atoms with Gasteiger partial charge in [-0.15, -0.1) is 0 Å². The molecule has 0 bridgehead atoms. The summed E-state index contributed by atoms with van der Waals surface area (Å²) in [6.45, 7) is 7.19. The standard InChI is InChI=1S/C14H17BF2O4/c1-13(2)14(3,4)21-15(20-13)9-6-8(12(18)19-5)7-10(16)11(9)17/h6-7H,1-5H3. The number of benzene rings is 1. The number of halogens is 2. The molecule has 4 nitrogen and oxygen atoms in total. The molecule has 0 unspecified atom stereocenters. The minimum Gasteiger partial charge on any atom is -0.465 e. The molecule has 0 radical (unpaired) electrons. The van der Waals surface area contributed by atoms with E-state index in [1.54, 1.807) is 27.7 Å². The van der Waals surface area contributed by atoms with Gasteiger partial charge in [0, 0.05) is 5.46 Å². The van der Waals surface area contributed by atoms with Gasteiger partial charge >= 0.3 is 13.1 Å². The molecule has 0 aliphatic carbocycles. The maximum Gasteiger partial charge on any atom is 0.497 e. The Morgan fingerprint density at radius 3 is 2.14 bits per heavy atom. The smallest absolute Gasteiger partial charge is 0.465 e. The largest absolute Gasteiger partial charge is 0.497 e. The lowest BCUT2D eigenvalue weighted by Gasteiger charge is -2.32. The van der Waals surface area contributed by atoms with Crippen LogP contribution in [0.15, 0.2) is 12.1 Å². The molecule has 1 aromatic rings. The number of rotatable bonds is 2. The van der Waals surface area contributed by atoms with E-state index in [0.29, 0.717) is 0 Å². The van der Waals surface area contributed by atoms with Crippen molar-refractivity contribution >= 4 is 18.6 Å². The van der Waals surface area contributed by atoms with E-state index in [-0.39, 0.29) is 11.0 Å². The van der Waals surface area contributed by atoms with Gasteiger partial charge in [0.15, 0.2) is 11.6 Å². The highest BCUT2D eigenvalue weighted by Crippen LogP contribution is 2.36. The highest BCUT2D eigenvalue weighted by Gasteiger charge is 2.52. The fourth-order valence-corrected chi connectivity index (χ4v) is 1.99. The second-order valence-corrected chi connectivity index (χ2v) is 5.94. The molecule has 2 rings (SSSR count). The molecule has 0 amide bonds. The molecule has 0 aromatic heterocycles. The normalized spacial score (nSPS) is 19.7. The van der Waals surface area contributed by atoms with Crippen molar-refractivity contribution in [2.45, 2.75) is 38.9 Å². The molecule has 0 atom stereocenters. The Balaban J connectivity index is 2.46. The van der Waals surface area contributed by atoms with Gasteiger partial charge in [0.1, 0.15) is 0 Å². The molecule has 21 heavy (non-hydrogen) atoms. The highest BCUT2D eigenvalue weighted by molar-refractivity contribution is 6.62. The molecule has 1 aliphatic rings. The molecule has 0 N–H and O–H groups in total. The van der Waals surface area contributed by atoms with E-state index < -0.39 is 35.9 Å². The predicted octanol–water partition coefficient (Wildman–Crippen LogP) is 2.05. The molecule has 1 saturated heterocycles. The Morgan fingerprint density at radius 1 is 1.14 bits per heavy atom. The SMILES string of the molecule is COC(=O)c1cc(F)c(F)c(B2OC(C)(C)C(C)(C)O2)c1. The zero-order valence-corrected chi connectivity index (χ0v) is 12.6. The molecular weight excluding hydrogens is 281 g/mol. The molecule has 1 aliphatic heterocycles. The number of carbonyl (C=O) groups excluding carboxylic acids is 1. The van der Waals surface area contributed by atoms with E-state index >= 15 is 0 Å². The maximum absolute atomic E-state index is 14.0. The Kier molecular flexibility index (Phi) is 3.84. The Bertz CT molecular complexity index is 571. The molecule has 7 heteroatoms. The second-order valence-electron chi connectivity index (χ2n) is 5.94. The third-order valence-corrected chi connectivity index (χ3v) is 3.98. The summed E-state index contributed by atoms with van der Waals surface area (Å²) >= 11 is 0. The number of carbonyl (C=O) groups is 1. The van der Waals surface area contributed by atoms with E-state index in [1.807, 2.05) is 0 Å². The quantitative estimate of drug-likeness (QED) is 0.619. The van der Waals surface area contributed by atoms with Crippen LogP contribution in [0.1, 0.15) is 38.1 Å². The predicted molar refractivity (Wildman–Crippen MR) is 73.4 cm³/mol.